The molecular formula is C11H15N3O5. The van der Waals surface area contributed by atoms with Gasteiger partial charge < -0.3 is 21.7 Å². The van der Waals surface area contributed by atoms with Crippen molar-refractivity contribution in [3.63, 3.8) is 0 Å². The molecule has 19 heavy (non-hydrogen) atoms. The first-order valence-corrected chi connectivity index (χ1v) is 5.43. The number of rotatable bonds is 5. The van der Waals surface area contributed by atoms with E-state index in [1.807, 2.05) is 0 Å². The van der Waals surface area contributed by atoms with Crippen LogP contribution in [-0.2, 0) is 4.79 Å². The normalized spacial score (nSPS) is 13.8. The summed E-state index contributed by atoms with van der Waals surface area (Å²) < 4.78 is 0. The second-order valence-corrected chi connectivity index (χ2v) is 4.21. The molecule has 8 heteroatoms. The molecule has 2 atom stereocenters. The predicted octanol–water partition coefficient (Wildman–Crippen LogP) is -0.245. The molecule has 0 saturated carbocycles. The highest BCUT2D eigenvalue weighted by molar-refractivity contribution is 5.74. The lowest BCUT2D eigenvalue weighted by molar-refractivity contribution is -0.385. The van der Waals surface area contributed by atoms with Crippen LogP contribution in [0, 0.1) is 17.0 Å². The lowest BCUT2D eigenvalue weighted by Crippen LogP contribution is -2.26. The van der Waals surface area contributed by atoms with Gasteiger partial charge in [-0.05, 0) is 13.0 Å². The van der Waals surface area contributed by atoms with Crippen LogP contribution >= 0.6 is 0 Å². The van der Waals surface area contributed by atoms with E-state index in [9.17, 15) is 25.1 Å². The molecule has 0 spiro atoms. The van der Waals surface area contributed by atoms with Crippen molar-refractivity contribution in [1.29, 1.82) is 0 Å². The molecule has 0 radical (unpaired) electrons. The van der Waals surface area contributed by atoms with E-state index in [-0.39, 0.29) is 16.9 Å². The quantitative estimate of drug-likeness (QED) is 0.328. The minimum Gasteiger partial charge on any atom is -0.398 e. The Bertz CT molecular complexity index is 517. The van der Waals surface area contributed by atoms with Crippen LogP contribution in [0.15, 0.2) is 12.1 Å². The number of aryl methyl sites for hydroxylation is 1. The van der Waals surface area contributed by atoms with E-state index in [1.54, 1.807) is 0 Å². The Balaban J connectivity index is 3.11. The Morgan fingerprint density at radius 1 is 1.47 bits per heavy atom. The number of nitro benzene ring substituents is 1. The standard InChI is InChI=1S/C11H15N3O5/c1-5-2-6(7(12)3-8(5)14(18)19)11(17)9(15)4-10(13)16/h2-3,9,11,15,17H,4,12H2,1H3,(H2,13,16). The monoisotopic (exact) mass is 269 g/mol. The number of amides is 1. The first-order chi connectivity index (χ1) is 8.73. The first kappa shape index (κ1) is 14.9. The van der Waals surface area contributed by atoms with Crippen molar-refractivity contribution in [1.82, 2.24) is 0 Å². The number of primary amides is 1. The summed E-state index contributed by atoms with van der Waals surface area (Å²) in [6, 6.07) is 2.41. The highest BCUT2D eigenvalue weighted by atomic mass is 16.6. The van der Waals surface area contributed by atoms with Gasteiger partial charge in [-0.25, -0.2) is 0 Å². The largest absolute Gasteiger partial charge is 0.398 e. The molecule has 2 unspecified atom stereocenters. The summed E-state index contributed by atoms with van der Waals surface area (Å²) in [7, 11) is 0. The van der Waals surface area contributed by atoms with Crippen molar-refractivity contribution >= 4 is 17.3 Å². The molecule has 0 aliphatic carbocycles. The van der Waals surface area contributed by atoms with Crippen LogP contribution < -0.4 is 11.5 Å². The van der Waals surface area contributed by atoms with Gasteiger partial charge in [0.2, 0.25) is 5.91 Å². The SMILES string of the molecule is Cc1cc(C(O)C(O)CC(N)=O)c(N)cc1[N+](=O)[O-]. The third kappa shape index (κ3) is 3.39. The van der Waals surface area contributed by atoms with E-state index < -0.39 is 29.5 Å². The predicted molar refractivity (Wildman–Crippen MR) is 67.0 cm³/mol. The van der Waals surface area contributed by atoms with Gasteiger partial charge in [0.1, 0.15) is 6.10 Å². The molecule has 1 aromatic rings. The Hall–Kier alpha value is -2.19. The summed E-state index contributed by atoms with van der Waals surface area (Å²) in [5.74, 6) is -0.774. The molecule has 0 aromatic heterocycles. The van der Waals surface area contributed by atoms with Crippen molar-refractivity contribution in [2.24, 2.45) is 5.73 Å². The number of nitro groups is 1. The maximum absolute atomic E-state index is 10.7. The summed E-state index contributed by atoms with van der Waals surface area (Å²) >= 11 is 0. The van der Waals surface area contributed by atoms with Crippen LogP contribution in [0.1, 0.15) is 23.7 Å². The average molecular weight is 269 g/mol. The van der Waals surface area contributed by atoms with E-state index in [4.69, 9.17) is 11.5 Å². The lowest BCUT2D eigenvalue weighted by Gasteiger charge is -2.19. The molecule has 6 N–H and O–H groups in total. The van der Waals surface area contributed by atoms with E-state index in [1.165, 1.54) is 13.0 Å². The number of aliphatic hydroxyl groups is 2. The minimum absolute atomic E-state index is 0.0340. The number of carbonyl (C=O) groups excluding carboxylic acids is 1. The van der Waals surface area contributed by atoms with Crippen LogP contribution in [-0.4, -0.2) is 27.1 Å². The molecule has 0 aliphatic rings. The number of aliphatic hydroxyl groups excluding tert-OH is 2. The molecule has 0 aliphatic heterocycles. The van der Waals surface area contributed by atoms with Crippen LogP contribution in [0.25, 0.3) is 0 Å². The van der Waals surface area contributed by atoms with Crippen LogP contribution in [0.3, 0.4) is 0 Å². The van der Waals surface area contributed by atoms with Crippen molar-refractivity contribution in [2.45, 2.75) is 25.6 Å². The van der Waals surface area contributed by atoms with Gasteiger partial charge in [-0.2, -0.15) is 0 Å². The van der Waals surface area contributed by atoms with Gasteiger partial charge in [-0.15, -0.1) is 0 Å². The minimum atomic E-state index is -1.44. The summed E-state index contributed by atoms with van der Waals surface area (Å²) in [5, 5.41) is 30.2. The van der Waals surface area contributed by atoms with E-state index >= 15 is 0 Å². The van der Waals surface area contributed by atoms with Gasteiger partial charge in [-0.3, -0.25) is 14.9 Å². The van der Waals surface area contributed by atoms with Crippen LogP contribution in [0.2, 0.25) is 0 Å². The van der Waals surface area contributed by atoms with E-state index in [2.05, 4.69) is 0 Å². The first-order valence-electron chi connectivity index (χ1n) is 5.43. The number of nitrogens with zero attached hydrogens (tertiary/aromatic N) is 1. The number of hydrogen-bond acceptors (Lipinski definition) is 6. The number of nitrogen functional groups attached to an aromatic ring is 1. The smallest absolute Gasteiger partial charge is 0.274 e. The lowest BCUT2D eigenvalue weighted by atomic mass is 9.97. The molecule has 0 saturated heterocycles. The second kappa shape index (κ2) is 5.63. The summed E-state index contributed by atoms with van der Waals surface area (Å²) in [4.78, 5) is 20.8. The van der Waals surface area contributed by atoms with Gasteiger partial charge in [-0.1, -0.05) is 0 Å². The Labute approximate surface area is 108 Å². The van der Waals surface area contributed by atoms with E-state index in [0.29, 0.717) is 5.56 Å². The number of nitrogens with two attached hydrogens (primary N) is 2. The maximum atomic E-state index is 10.7. The van der Waals surface area contributed by atoms with Gasteiger partial charge in [0, 0.05) is 22.9 Å². The fraction of sp³-hybridized carbons (Fsp3) is 0.364. The highest BCUT2D eigenvalue weighted by Gasteiger charge is 2.24. The summed E-state index contributed by atoms with van der Waals surface area (Å²) in [6.45, 7) is 1.48. The molecule has 8 nitrogen and oxygen atoms in total. The summed E-state index contributed by atoms with van der Waals surface area (Å²) in [5.41, 5.74) is 10.7. The zero-order valence-electron chi connectivity index (χ0n) is 10.2. The molecule has 0 heterocycles. The zero-order valence-corrected chi connectivity index (χ0v) is 10.2. The fourth-order valence-corrected chi connectivity index (χ4v) is 1.71. The van der Waals surface area contributed by atoms with Crippen LogP contribution in [0.4, 0.5) is 11.4 Å². The number of hydrogen-bond donors (Lipinski definition) is 4. The molecule has 0 fully saturated rings. The molecule has 1 rings (SSSR count). The molecule has 0 bridgehead atoms. The van der Waals surface area contributed by atoms with Gasteiger partial charge in [0.05, 0.1) is 17.4 Å². The number of anilines is 1. The third-order valence-corrected chi connectivity index (χ3v) is 2.69. The van der Waals surface area contributed by atoms with Gasteiger partial charge in [0.25, 0.3) is 5.69 Å². The topological polar surface area (TPSA) is 153 Å². The highest BCUT2D eigenvalue weighted by Crippen LogP contribution is 2.30. The molecule has 104 valence electrons. The maximum Gasteiger partial charge on any atom is 0.274 e. The van der Waals surface area contributed by atoms with E-state index in [0.717, 1.165) is 6.07 Å². The third-order valence-electron chi connectivity index (χ3n) is 2.69. The Morgan fingerprint density at radius 2 is 2.05 bits per heavy atom. The molecular weight excluding hydrogens is 254 g/mol. The van der Waals surface area contributed by atoms with Gasteiger partial charge in [0.15, 0.2) is 0 Å². The number of benzene rings is 1. The van der Waals surface area contributed by atoms with Crippen molar-refractivity contribution in [3.8, 4) is 0 Å². The number of carbonyl (C=O) groups is 1. The van der Waals surface area contributed by atoms with Crippen molar-refractivity contribution in [3.05, 3.63) is 33.4 Å². The zero-order chi connectivity index (χ0) is 14.7. The Kier molecular flexibility index (Phi) is 4.41. The second-order valence-electron chi connectivity index (χ2n) is 4.21. The van der Waals surface area contributed by atoms with Crippen molar-refractivity contribution in [2.75, 3.05) is 5.73 Å². The fourth-order valence-electron chi connectivity index (χ4n) is 1.71. The van der Waals surface area contributed by atoms with Crippen LogP contribution in [0.5, 0.6) is 0 Å². The summed E-state index contributed by atoms with van der Waals surface area (Å²) in [6.07, 6.45) is -3.29. The molecule has 1 amide bonds. The van der Waals surface area contributed by atoms with Gasteiger partial charge >= 0.3 is 0 Å². The van der Waals surface area contributed by atoms with Crippen molar-refractivity contribution < 1.29 is 19.9 Å². The average Bonchev–Trinajstić information content (AvgIpc) is 2.29. The molecule has 1 aromatic carbocycles. The Morgan fingerprint density at radius 3 is 2.53 bits per heavy atom.